The van der Waals surface area contributed by atoms with E-state index < -0.39 is 5.97 Å². The summed E-state index contributed by atoms with van der Waals surface area (Å²) in [5.41, 5.74) is 0. The number of carboxylic acid groups (broad SMARTS) is 1. The topological polar surface area (TPSA) is 63.6 Å². The zero-order valence-corrected chi connectivity index (χ0v) is 26.9. The molecule has 4 nitrogen and oxygen atoms in total. The molecule has 0 saturated heterocycles. The van der Waals surface area contributed by atoms with Gasteiger partial charge in [0, 0.05) is 12.8 Å². The molecule has 0 amide bonds. The van der Waals surface area contributed by atoms with Crippen LogP contribution in [0.5, 0.6) is 0 Å². The summed E-state index contributed by atoms with van der Waals surface area (Å²) in [6, 6.07) is 0. The molecule has 0 aromatic rings. The van der Waals surface area contributed by atoms with E-state index in [1.54, 1.807) is 0 Å². The average molecular weight is 555 g/mol. The van der Waals surface area contributed by atoms with Gasteiger partial charge in [0.1, 0.15) is 0 Å². The molecule has 39 heavy (non-hydrogen) atoms. The maximum Gasteiger partial charge on any atom is 0.305 e. The Morgan fingerprint density at radius 3 is 0.872 bits per heavy atom. The Morgan fingerprint density at radius 2 is 0.641 bits per heavy atom. The summed E-state index contributed by atoms with van der Waals surface area (Å²) in [7, 11) is 1.47. The fraction of sp³-hybridized carbons (Fsp3) is 0.943. The van der Waals surface area contributed by atoms with E-state index >= 15 is 0 Å². The van der Waals surface area contributed by atoms with E-state index in [0.717, 1.165) is 19.3 Å². The SMILES string of the molecule is CCCCCCCCCCCCCCCC(=O)O.CCCCCCCCCCCCCCCCCC(=O)OC. The van der Waals surface area contributed by atoms with Gasteiger partial charge in [-0.1, -0.05) is 181 Å². The maximum absolute atomic E-state index is 10.9. The number of hydrogen-bond donors (Lipinski definition) is 1. The van der Waals surface area contributed by atoms with Crippen molar-refractivity contribution in [3.05, 3.63) is 0 Å². The fourth-order valence-corrected chi connectivity index (χ4v) is 5.04. The summed E-state index contributed by atoms with van der Waals surface area (Å²) >= 11 is 0. The van der Waals surface area contributed by atoms with Gasteiger partial charge in [-0.25, -0.2) is 0 Å². The minimum Gasteiger partial charge on any atom is -0.481 e. The van der Waals surface area contributed by atoms with Crippen molar-refractivity contribution < 1.29 is 19.4 Å². The number of ether oxygens (including phenoxy) is 1. The van der Waals surface area contributed by atoms with E-state index in [2.05, 4.69) is 18.6 Å². The molecule has 0 aliphatic heterocycles. The van der Waals surface area contributed by atoms with Gasteiger partial charge in [-0.3, -0.25) is 9.59 Å². The first-order valence-electron chi connectivity index (χ1n) is 17.4. The third-order valence-corrected chi connectivity index (χ3v) is 7.71. The zero-order valence-electron chi connectivity index (χ0n) is 26.9. The molecule has 0 atom stereocenters. The molecule has 0 aliphatic carbocycles. The molecule has 0 spiro atoms. The van der Waals surface area contributed by atoms with Crippen LogP contribution < -0.4 is 0 Å². The molecule has 0 unspecified atom stereocenters. The van der Waals surface area contributed by atoms with Crippen LogP contribution in [0.25, 0.3) is 0 Å². The highest BCUT2D eigenvalue weighted by atomic mass is 16.5. The van der Waals surface area contributed by atoms with Gasteiger partial charge in [0.25, 0.3) is 0 Å². The second kappa shape index (κ2) is 36.9. The first-order chi connectivity index (χ1) is 19.1. The third-order valence-electron chi connectivity index (χ3n) is 7.71. The van der Waals surface area contributed by atoms with E-state index in [1.165, 1.54) is 168 Å². The number of rotatable bonds is 30. The molecule has 0 radical (unpaired) electrons. The Hall–Kier alpha value is -1.06. The van der Waals surface area contributed by atoms with E-state index in [4.69, 9.17) is 5.11 Å². The molecule has 0 rings (SSSR count). The molecule has 0 bridgehead atoms. The molecule has 1 N–H and O–H groups in total. The highest BCUT2D eigenvalue weighted by Crippen LogP contribution is 2.14. The Kier molecular flexibility index (Phi) is 38.0. The molecule has 4 heteroatoms. The molecule has 0 aromatic carbocycles. The van der Waals surface area contributed by atoms with E-state index in [-0.39, 0.29) is 5.97 Å². The van der Waals surface area contributed by atoms with Crippen LogP contribution in [0, 0.1) is 0 Å². The first kappa shape index (κ1) is 40.1. The molecule has 0 saturated carbocycles. The third kappa shape index (κ3) is 41.6. The van der Waals surface area contributed by atoms with Crippen LogP contribution in [0.4, 0.5) is 0 Å². The Bertz CT molecular complexity index is 477. The summed E-state index contributed by atoms with van der Waals surface area (Å²) in [4.78, 5) is 21.2. The largest absolute Gasteiger partial charge is 0.481 e. The molecular formula is C35H70O4. The van der Waals surface area contributed by atoms with Crippen molar-refractivity contribution in [2.45, 2.75) is 206 Å². The number of carbonyl (C=O) groups excluding carboxylic acids is 1. The number of esters is 1. The summed E-state index contributed by atoms with van der Waals surface area (Å²) < 4.78 is 4.63. The standard InChI is InChI=1S/C19H38O2.C16H32O2/c1-3-4-5-6-7-8-9-10-11-12-13-14-15-16-17-18-19(20)21-2;1-2-3-4-5-6-7-8-9-10-11-12-13-14-15-16(17)18/h3-18H2,1-2H3;2-15H2,1H3,(H,17,18). The summed E-state index contributed by atoms with van der Waals surface area (Å²) in [5.74, 6) is -0.720. The lowest BCUT2D eigenvalue weighted by Gasteiger charge is -2.03. The van der Waals surface area contributed by atoms with Crippen LogP contribution in [0.2, 0.25) is 0 Å². The van der Waals surface area contributed by atoms with Crippen molar-refractivity contribution in [2.24, 2.45) is 0 Å². The van der Waals surface area contributed by atoms with E-state index in [1.807, 2.05) is 0 Å². The minimum absolute atomic E-state index is 0.0651. The van der Waals surface area contributed by atoms with Crippen molar-refractivity contribution in [3.8, 4) is 0 Å². The van der Waals surface area contributed by atoms with Crippen LogP contribution in [0.1, 0.15) is 206 Å². The van der Waals surface area contributed by atoms with E-state index in [9.17, 15) is 9.59 Å². The second-order valence-corrected chi connectivity index (χ2v) is 11.7. The predicted octanol–water partition coefficient (Wildman–Crippen LogP) is 12.0. The molecule has 0 aromatic heterocycles. The summed E-state index contributed by atoms with van der Waals surface area (Å²) in [6.45, 7) is 4.54. The normalized spacial score (nSPS) is 10.7. The minimum atomic E-state index is -0.655. The monoisotopic (exact) mass is 555 g/mol. The number of aliphatic carboxylic acids is 1. The van der Waals surface area contributed by atoms with Gasteiger partial charge < -0.3 is 9.84 Å². The molecule has 0 fully saturated rings. The Labute approximate surface area is 244 Å². The van der Waals surface area contributed by atoms with Crippen LogP contribution in [0.15, 0.2) is 0 Å². The first-order valence-corrected chi connectivity index (χ1v) is 17.4. The lowest BCUT2D eigenvalue weighted by Crippen LogP contribution is -1.99. The molecular weight excluding hydrogens is 484 g/mol. The second-order valence-electron chi connectivity index (χ2n) is 11.7. The number of methoxy groups -OCH3 is 1. The van der Waals surface area contributed by atoms with Crippen molar-refractivity contribution in [3.63, 3.8) is 0 Å². The lowest BCUT2D eigenvalue weighted by atomic mass is 10.0. The average Bonchev–Trinajstić information content (AvgIpc) is 2.93. The molecule has 0 heterocycles. The maximum atomic E-state index is 10.9. The molecule has 234 valence electrons. The zero-order chi connectivity index (χ0) is 29.1. The highest BCUT2D eigenvalue weighted by molar-refractivity contribution is 5.69. The van der Waals surface area contributed by atoms with Crippen molar-refractivity contribution in [1.82, 2.24) is 0 Å². The van der Waals surface area contributed by atoms with Gasteiger partial charge in [0.2, 0.25) is 0 Å². The number of carboxylic acids is 1. The Morgan fingerprint density at radius 1 is 0.410 bits per heavy atom. The fourth-order valence-electron chi connectivity index (χ4n) is 5.04. The smallest absolute Gasteiger partial charge is 0.305 e. The number of unbranched alkanes of at least 4 members (excludes halogenated alkanes) is 26. The van der Waals surface area contributed by atoms with Gasteiger partial charge >= 0.3 is 11.9 Å². The van der Waals surface area contributed by atoms with Gasteiger partial charge in [0.05, 0.1) is 7.11 Å². The predicted molar refractivity (Wildman–Crippen MR) is 170 cm³/mol. The van der Waals surface area contributed by atoms with Crippen LogP contribution >= 0.6 is 0 Å². The van der Waals surface area contributed by atoms with Crippen LogP contribution in [-0.4, -0.2) is 24.2 Å². The van der Waals surface area contributed by atoms with Crippen molar-refractivity contribution in [1.29, 1.82) is 0 Å². The quantitative estimate of drug-likeness (QED) is 0.0708. The molecule has 0 aliphatic rings. The van der Waals surface area contributed by atoms with Gasteiger partial charge in [-0.2, -0.15) is 0 Å². The lowest BCUT2D eigenvalue weighted by molar-refractivity contribution is -0.141. The van der Waals surface area contributed by atoms with Crippen LogP contribution in [0.3, 0.4) is 0 Å². The van der Waals surface area contributed by atoms with Crippen LogP contribution in [-0.2, 0) is 14.3 Å². The van der Waals surface area contributed by atoms with Gasteiger partial charge in [-0.15, -0.1) is 0 Å². The summed E-state index contributed by atoms with van der Waals surface area (Å²) in [5, 5.41) is 8.49. The van der Waals surface area contributed by atoms with Gasteiger partial charge in [-0.05, 0) is 12.8 Å². The number of hydrogen-bond acceptors (Lipinski definition) is 3. The van der Waals surface area contributed by atoms with Crippen molar-refractivity contribution in [2.75, 3.05) is 7.11 Å². The van der Waals surface area contributed by atoms with E-state index in [0.29, 0.717) is 12.8 Å². The summed E-state index contributed by atoms with van der Waals surface area (Å²) in [6.07, 6.45) is 38.2. The Balaban J connectivity index is 0. The van der Waals surface area contributed by atoms with Crippen molar-refractivity contribution >= 4 is 11.9 Å². The number of carbonyl (C=O) groups is 2. The van der Waals surface area contributed by atoms with Gasteiger partial charge in [0.15, 0.2) is 0 Å². The highest BCUT2D eigenvalue weighted by Gasteiger charge is 1.99.